The number of piperazine rings is 1. The van der Waals surface area contributed by atoms with E-state index in [0.29, 0.717) is 42.6 Å². The fraction of sp³-hybridized carbons (Fsp3) is 0.316. The van der Waals surface area contributed by atoms with E-state index in [1.54, 1.807) is 24.3 Å². The lowest BCUT2D eigenvalue weighted by Crippen LogP contribution is -2.48. The molecule has 0 unspecified atom stereocenters. The van der Waals surface area contributed by atoms with Crippen LogP contribution in [0.1, 0.15) is 0 Å². The summed E-state index contributed by atoms with van der Waals surface area (Å²) in [6.45, 7) is 1.82. The lowest BCUT2D eigenvalue weighted by Gasteiger charge is -2.35. The van der Waals surface area contributed by atoms with Crippen molar-refractivity contribution in [1.29, 1.82) is 0 Å². The van der Waals surface area contributed by atoms with Gasteiger partial charge in [-0.05, 0) is 36.4 Å². The highest BCUT2D eigenvalue weighted by Crippen LogP contribution is 2.27. The Morgan fingerprint density at radius 2 is 1.71 bits per heavy atom. The zero-order valence-corrected chi connectivity index (χ0v) is 17.0. The van der Waals surface area contributed by atoms with E-state index < -0.39 is 10.0 Å². The Labute approximate surface area is 169 Å². The predicted octanol–water partition coefficient (Wildman–Crippen LogP) is 2.44. The highest BCUT2D eigenvalue weighted by atomic mass is 35.5. The molecule has 0 radical (unpaired) electrons. The first kappa shape index (κ1) is 20.4. The number of para-hydroxylation sites is 2. The van der Waals surface area contributed by atoms with Crippen molar-refractivity contribution in [3.05, 3.63) is 53.6 Å². The smallest absolute Gasteiger partial charge is 0.262 e. The quantitative estimate of drug-likeness (QED) is 0.772. The molecule has 7 nitrogen and oxygen atoms in total. The Bertz CT molecular complexity index is 926. The number of anilines is 2. The van der Waals surface area contributed by atoms with Crippen LogP contribution in [0, 0.1) is 0 Å². The van der Waals surface area contributed by atoms with Crippen LogP contribution in [-0.4, -0.2) is 57.7 Å². The number of sulfonamides is 1. The van der Waals surface area contributed by atoms with Crippen LogP contribution in [0.3, 0.4) is 0 Å². The van der Waals surface area contributed by atoms with E-state index in [1.807, 2.05) is 24.3 Å². The van der Waals surface area contributed by atoms with Crippen molar-refractivity contribution in [1.82, 2.24) is 4.31 Å². The average molecular weight is 424 g/mol. The van der Waals surface area contributed by atoms with Gasteiger partial charge < -0.3 is 15.0 Å². The maximum atomic E-state index is 12.3. The largest absolute Gasteiger partial charge is 0.484 e. The Morgan fingerprint density at radius 1 is 1.07 bits per heavy atom. The number of nitrogens with one attached hydrogen (secondary N) is 1. The van der Waals surface area contributed by atoms with Gasteiger partial charge in [-0.15, -0.1) is 0 Å². The fourth-order valence-corrected chi connectivity index (χ4v) is 3.93. The second-order valence-corrected chi connectivity index (χ2v) is 8.88. The van der Waals surface area contributed by atoms with Gasteiger partial charge in [0.05, 0.1) is 17.6 Å². The van der Waals surface area contributed by atoms with Gasteiger partial charge in [-0.1, -0.05) is 23.7 Å². The first-order valence-electron chi connectivity index (χ1n) is 8.80. The fourth-order valence-electron chi connectivity index (χ4n) is 2.98. The average Bonchev–Trinajstić information content (AvgIpc) is 2.67. The molecule has 0 aliphatic carbocycles. The van der Waals surface area contributed by atoms with Crippen LogP contribution in [0.25, 0.3) is 0 Å². The van der Waals surface area contributed by atoms with Crippen LogP contribution in [0.5, 0.6) is 5.75 Å². The second kappa shape index (κ2) is 8.81. The second-order valence-electron chi connectivity index (χ2n) is 6.46. The minimum absolute atomic E-state index is 0.127. The molecule has 2 aromatic rings. The first-order valence-corrected chi connectivity index (χ1v) is 11.0. The maximum Gasteiger partial charge on any atom is 0.262 e. The van der Waals surface area contributed by atoms with Crippen molar-refractivity contribution in [2.24, 2.45) is 0 Å². The summed E-state index contributed by atoms with van der Waals surface area (Å²) in [7, 11) is -3.18. The van der Waals surface area contributed by atoms with Gasteiger partial charge in [-0.2, -0.15) is 4.31 Å². The molecule has 1 amide bonds. The molecular weight excluding hydrogens is 402 g/mol. The normalized spacial score (nSPS) is 15.3. The van der Waals surface area contributed by atoms with Crippen molar-refractivity contribution in [2.45, 2.75) is 0 Å². The van der Waals surface area contributed by atoms with Gasteiger partial charge in [-0.25, -0.2) is 8.42 Å². The number of carbonyl (C=O) groups excluding carboxylic acids is 1. The van der Waals surface area contributed by atoms with E-state index in [1.165, 1.54) is 10.6 Å². The van der Waals surface area contributed by atoms with E-state index in [-0.39, 0.29) is 12.5 Å². The molecule has 1 N–H and O–H groups in total. The topological polar surface area (TPSA) is 79.0 Å². The number of ether oxygens (including phenoxy) is 1. The van der Waals surface area contributed by atoms with E-state index in [2.05, 4.69) is 10.2 Å². The lowest BCUT2D eigenvalue weighted by molar-refractivity contribution is -0.118. The molecule has 3 rings (SSSR count). The molecule has 0 atom stereocenters. The minimum Gasteiger partial charge on any atom is -0.484 e. The first-order chi connectivity index (χ1) is 13.3. The molecule has 1 heterocycles. The molecular formula is C19H22ClN3O4S. The minimum atomic E-state index is -3.18. The number of halogens is 1. The molecule has 2 aromatic carbocycles. The molecule has 150 valence electrons. The molecule has 0 saturated carbocycles. The van der Waals surface area contributed by atoms with Gasteiger partial charge in [0.25, 0.3) is 5.91 Å². The zero-order valence-electron chi connectivity index (χ0n) is 15.5. The Hall–Kier alpha value is -2.29. The third kappa shape index (κ3) is 5.37. The standard InChI is InChI=1S/C19H22ClN3O4S/c1-28(25,26)23-12-10-22(11-13-23)18-5-3-2-4-17(18)21-19(24)14-27-16-8-6-15(20)7-9-16/h2-9H,10-14H2,1H3,(H,21,24). The molecule has 0 spiro atoms. The molecule has 1 aliphatic rings. The van der Waals surface area contributed by atoms with Gasteiger partial charge in [0.2, 0.25) is 10.0 Å². The zero-order chi connectivity index (χ0) is 20.1. The number of amides is 1. The highest BCUT2D eigenvalue weighted by molar-refractivity contribution is 7.88. The van der Waals surface area contributed by atoms with Crippen LogP contribution in [0.2, 0.25) is 5.02 Å². The molecule has 0 aromatic heterocycles. The van der Waals surface area contributed by atoms with Crippen LogP contribution in [0.15, 0.2) is 48.5 Å². The summed E-state index contributed by atoms with van der Waals surface area (Å²) in [6, 6.07) is 14.2. The van der Waals surface area contributed by atoms with Crippen LogP contribution >= 0.6 is 11.6 Å². The number of rotatable bonds is 6. The van der Waals surface area contributed by atoms with E-state index in [4.69, 9.17) is 16.3 Å². The van der Waals surface area contributed by atoms with Crippen LogP contribution < -0.4 is 15.0 Å². The summed E-state index contributed by atoms with van der Waals surface area (Å²) in [5.41, 5.74) is 1.52. The monoisotopic (exact) mass is 423 g/mol. The third-order valence-electron chi connectivity index (χ3n) is 4.41. The maximum absolute atomic E-state index is 12.3. The predicted molar refractivity (Wildman–Crippen MR) is 111 cm³/mol. The molecule has 28 heavy (non-hydrogen) atoms. The number of benzene rings is 2. The van der Waals surface area contributed by atoms with Crippen LogP contribution in [-0.2, 0) is 14.8 Å². The Kier molecular flexibility index (Phi) is 6.43. The van der Waals surface area contributed by atoms with E-state index >= 15 is 0 Å². The molecule has 9 heteroatoms. The van der Waals surface area contributed by atoms with Crippen molar-refractivity contribution in [3.8, 4) is 5.75 Å². The summed E-state index contributed by atoms with van der Waals surface area (Å²) in [6.07, 6.45) is 1.22. The lowest BCUT2D eigenvalue weighted by atomic mass is 10.2. The summed E-state index contributed by atoms with van der Waals surface area (Å²) in [4.78, 5) is 14.4. The van der Waals surface area contributed by atoms with Crippen LogP contribution in [0.4, 0.5) is 11.4 Å². The van der Waals surface area contributed by atoms with Crippen molar-refractivity contribution >= 4 is 38.9 Å². The van der Waals surface area contributed by atoms with Gasteiger partial charge in [0, 0.05) is 31.2 Å². The summed E-state index contributed by atoms with van der Waals surface area (Å²) >= 11 is 5.83. The summed E-state index contributed by atoms with van der Waals surface area (Å²) in [5.74, 6) is 0.280. The molecule has 1 saturated heterocycles. The van der Waals surface area contributed by atoms with E-state index in [9.17, 15) is 13.2 Å². The van der Waals surface area contributed by atoms with E-state index in [0.717, 1.165) is 5.69 Å². The Balaban J connectivity index is 1.61. The third-order valence-corrected chi connectivity index (χ3v) is 5.97. The van der Waals surface area contributed by atoms with Gasteiger partial charge in [0.1, 0.15) is 5.75 Å². The number of nitrogens with zero attached hydrogens (tertiary/aromatic N) is 2. The highest BCUT2D eigenvalue weighted by Gasteiger charge is 2.24. The summed E-state index contributed by atoms with van der Waals surface area (Å²) < 4.78 is 30.3. The van der Waals surface area contributed by atoms with Gasteiger partial charge in [0.15, 0.2) is 6.61 Å². The molecule has 1 aliphatic heterocycles. The summed E-state index contributed by atoms with van der Waals surface area (Å²) in [5, 5.41) is 3.47. The number of hydrogen-bond acceptors (Lipinski definition) is 5. The van der Waals surface area contributed by atoms with Gasteiger partial charge >= 0.3 is 0 Å². The van der Waals surface area contributed by atoms with Crippen molar-refractivity contribution < 1.29 is 17.9 Å². The number of carbonyl (C=O) groups is 1. The van der Waals surface area contributed by atoms with Crippen molar-refractivity contribution in [3.63, 3.8) is 0 Å². The molecule has 1 fully saturated rings. The van der Waals surface area contributed by atoms with Crippen molar-refractivity contribution in [2.75, 3.05) is 49.3 Å². The SMILES string of the molecule is CS(=O)(=O)N1CCN(c2ccccc2NC(=O)COc2ccc(Cl)cc2)CC1. The van der Waals surface area contributed by atoms with Gasteiger partial charge in [-0.3, -0.25) is 4.79 Å². The molecule has 0 bridgehead atoms. The Morgan fingerprint density at radius 3 is 2.36 bits per heavy atom. The number of hydrogen-bond donors (Lipinski definition) is 1.